The van der Waals surface area contributed by atoms with Crippen LogP contribution >= 0.6 is 0 Å². The lowest BCUT2D eigenvalue weighted by Crippen LogP contribution is -2.40. The van der Waals surface area contributed by atoms with Crippen LogP contribution in [0.5, 0.6) is 0 Å². The Morgan fingerprint density at radius 3 is 1.23 bits per heavy atom. The van der Waals surface area contributed by atoms with E-state index in [1.807, 2.05) is 21.1 Å². The van der Waals surface area contributed by atoms with Gasteiger partial charge in [0.2, 0.25) is 0 Å². The first-order valence-electron chi connectivity index (χ1n) is 20.3. The molecule has 0 radical (unpaired) electrons. The van der Waals surface area contributed by atoms with Crippen LogP contribution in [-0.2, 0) is 23.8 Å². The Morgan fingerprint density at radius 1 is 0.542 bits per heavy atom. The summed E-state index contributed by atoms with van der Waals surface area (Å²) in [5, 5.41) is 19.2. The first kappa shape index (κ1) is 46.8. The van der Waals surface area contributed by atoms with Gasteiger partial charge in [0.05, 0.1) is 34.4 Å². The summed E-state index contributed by atoms with van der Waals surface area (Å²) in [7, 11) is 5.92. The van der Waals surface area contributed by atoms with Crippen molar-refractivity contribution in [3.8, 4) is 0 Å². The summed E-state index contributed by atoms with van der Waals surface area (Å²) >= 11 is 0. The number of esters is 1. The third kappa shape index (κ3) is 36.1. The van der Waals surface area contributed by atoms with Crippen LogP contribution < -0.4 is 0 Å². The van der Waals surface area contributed by atoms with Crippen LogP contribution in [0.15, 0.2) is 0 Å². The number of carboxylic acids is 1. The van der Waals surface area contributed by atoms with Gasteiger partial charge in [0.1, 0.15) is 19.3 Å². The molecule has 0 fully saturated rings. The SMILES string of the molecule is CCCCCCCCCCCCCCCCCCCCCCCCCCCCCC(=O)OCC(O)COC(OCC[N+](C)(C)C)C(=O)O. The van der Waals surface area contributed by atoms with Crippen molar-refractivity contribution in [3.05, 3.63) is 0 Å². The molecule has 2 N–H and O–H groups in total. The molecule has 48 heavy (non-hydrogen) atoms. The largest absolute Gasteiger partial charge is 0.477 e. The zero-order valence-corrected chi connectivity index (χ0v) is 32.2. The second-order valence-electron chi connectivity index (χ2n) is 15.2. The van der Waals surface area contributed by atoms with E-state index >= 15 is 0 Å². The number of unbranched alkanes of at least 4 members (excludes halogenated alkanes) is 26. The van der Waals surface area contributed by atoms with Gasteiger partial charge < -0.3 is 28.9 Å². The van der Waals surface area contributed by atoms with E-state index in [4.69, 9.17) is 14.2 Å². The summed E-state index contributed by atoms with van der Waals surface area (Å²) in [6, 6.07) is 0. The Bertz CT molecular complexity index is 712. The predicted octanol–water partition coefficient (Wildman–Crippen LogP) is 9.98. The number of rotatable bonds is 38. The number of aliphatic carboxylic acids is 1. The van der Waals surface area contributed by atoms with Crippen LogP contribution in [-0.4, -0.2) is 86.5 Å². The van der Waals surface area contributed by atoms with Gasteiger partial charge in [0, 0.05) is 6.42 Å². The van der Waals surface area contributed by atoms with Crippen LogP contribution in [0.25, 0.3) is 0 Å². The number of carbonyl (C=O) groups is 2. The second-order valence-corrected chi connectivity index (χ2v) is 15.2. The van der Waals surface area contributed by atoms with Crippen LogP contribution in [0.4, 0.5) is 0 Å². The van der Waals surface area contributed by atoms with Gasteiger partial charge in [-0.25, -0.2) is 4.79 Å². The molecule has 0 amide bonds. The Morgan fingerprint density at radius 2 is 0.896 bits per heavy atom. The average molecular weight is 687 g/mol. The van der Waals surface area contributed by atoms with Crippen LogP contribution in [0.3, 0.4) is 0 Å². The number of hydrogen-bond donors (Lipinski definition) is 2. The highest BCUT2D eigenvalue weighted by molar-refractivity contribution is 5.70. The maximum atomic E-state index is 12.0. The van der Waals surface area contributed by atoms with E-state index < -0.39 is 18.4 Å². The fraction of sp³-hybridized carbons (Fsp3) is 0.950. The van der Waals surface area contributed by atoms with E-state index in [-0.39, 0.29) is 25.8 Å². The number of aliphatic hydroxyl groups is 1. The molecule has 0 aromatic rings. The molecule has 0 bridgehead atoms. The molecule has 0 saturated heterocycles. The average Bonchev–Trinajstić information content (AvgIpc) is 3.04. The van der Waals surface area contributed by atoms with Gasteiger partial charge in [-0.15, -0.1) is 0 Å². The fourth-order valence-electron chi connectivity index (χ4n) is 5.89. The normalized spacial score (nSPS) is 13.1. The predicted molar refractivity (Wildman–Crippen MR) is 198 cm³/mol. The van der Waals surface area contributed by atoms with Crippen molar-refractivity contribution in [2.45, 2.75) is 199 Å². The van der Waals surface area contributed by atoms with Gasteiger partial charge in [-0.3, -0.25) is 4.79 Å². The second kappa shape index (κ2) is 34.2. The third-order valence-electron chi connectivity index (χ3n) is 9.09. The van der Waals surface area contributed by atoms with Crippen molar-refractivity contribution < 1.29 is 38.5 Å². The number of carbonyl (C=O) groups excluding carboxylic acids is 1. The van der Waals surface area contributed by atoms with Crippen LogP contribution in [0.1, 0.15) is 187 Å². The summed E-state index contributed by atoms with van der Waals surface area (Å²) in [6.45, 7) is 2.62. The molecular weight excluding hydrogens is 606 g/mol. The highest BCUT2D eigenvalue weighted by Crippen LogP contribution is 2.16. The van der Waals surface area contributed by atoms with Crippen molar-refractivity contribution >= 4 is 11.9 Å². The Hall–Kier alpha value is -1.22. The summed E-state index contributed by atoms with van der Waals surface area (Å²) in [4.78, 5) is 23.3. The molecule has 2 atom stereocenters. The van der Waals surface area contributed by atoms with E-state index in [2.05, 4.69) is 6.92 Å². The number of aliphatic hydroxyl groups excluding tert-OH is 1. The monoisotopic (exact) mass is 687 g/mol. The van der Waals surface area contributed by atoms with Crippen molar-refractivity contribution in [1.82, 2.24) is 0 Å². The Labute approximate surface area is 296 Å². The molecule has 0 aliphatic heterocycles. The van der Waals surface area contributed by atoms with Gasteiger partial charge in [-0.1, -0.05) is 174 Å². The summed E-state index contributed by atoms with van der Waals surface area (Å²) in [5.41, 5.74) is 0. The highest BCUT2D eigenvalue weighted by Gasteiger charge is 2.22. The van der Waals surface area contributed by atoms with Gasteiger partial charge in [-0.2, -0.15) is 0 Å². The standard InChI is InChI=1S/C40H79NO7/c1-5-6-7-8-9-10-11-12-13-14-15-16-17-18-19-20-21-22-23-24-25-26-27-28-29-30-31-32-38(43)47-35-37(42)36-48-40(39(44)45)46-34-33-41(2,3)4/h37,40,42H,5-36H2,1-4H3/p+1. The Balaban J connectivity index is 3.39. The number of hydrogen-bond acceptors (Lipinski definition) is 6. The molecule has 0 saturated carbocycles. The van der Waals surface area contributed by atoms with Crippen LogP contribution in [0.2, 0.25) is 0 Å². The minimum Gasteiger partial charge on any atom is -0.477 e. The highest BCUT2D eigenvalue weighted by atomic mass is 16.7. The molecule has 0 aliphatic carbocycles. The smallest absolute Gasteiger partial charge is 0.361 e. The van der Waals surface area contributed by atoms with Gasteiger partial charge in [0.15, 0.2) is 0 Å². The van der Waals surface area contributed by atoms with Gasteiger partial charge in [0.25, 0.3) is 6.29 Å². The summed E-state index contributed by atoms with van der Waals surface area (Å²) in [5.74, 6) is -1.60. The zero-order valence-electron chi connectivity index (χ0n) is 32.2. The van der Waals surface area contributed by atoms with Gasteiger partial charge >= 0.3 is 11.9 Å². The minimum absolute atomic E-state index is 0.213. The zero-order chi connectivity index (χ0) is 35.6. The third-order valence-corrected chi connectivity index (χ3v) is 9.09. The van der Waals surface area contributed by atoms with Crippen molar-refractivity contribution in [2.75, 3.05) is 47.5 Å². The van der Waals surface area contributed by atoms with Crippen molar-refractivity contribution in [1.29, 1.82) is 0 Å². The molecule has 0 spiro atoms. The number of carboxylic acid groups (broad SMARTS) is 1. The molecule has 0 rings (SSSR count). The molecule has 0 aliphatic rings. The molecule has 0 aromatic heterocycles. The van der Waals surface area contributed by atoms with Crippen LogP contribution in [0, 0.1) is 0 Å². The first-order chi connectivity index (χ1) is 23.2. The molecule has 2 unspecified atom stereocenters. The fourth-order valence-corrected chi connectivity index (χ4v) is 5.89. The number of ether oxygens (including phenoxy) is 3. The number of nitrogens with zero attached hydrogens (tertiary/aromatic N) is 1. The van der Waals surface area contributed by atoms with E-state index in [1.54, 1.807) is 0 Å². The van der Waals surface area contributed by atoms with E-state index in [0.717, 1.165) is 19.3 Å². The maximum Gasteiger partial charge on any atom is 0.361 e. The van der Waals surface area contributed by atoms with E-state index in [0.29, 0.717) is 17.4 Å². The van der Waals surface area contributed by atoms with E-state index in [1.165, 1.54) is 154 Å². The minimum atomic E-state index is -1.46. The molecule has 8 heteroatoms. The lowest BCUT2D eigenvalue weighted by molar-refractivity contribution is -0.870. The quantitative estimate of drug-likeness (QED) is 0.0288. The number of quaternary nitrogens is 1. The molecular formula is C40H80NO7+. The molecule has 0 heterocycles. The van der Waals surface area contributed by atoms with Crippen molar-refractivity contribution in [2.24, 2.45) is 0 Å². The van der Waals surface area contributed by atoms with Gasteiger partial charge in [-0.05, 0) is 6.42 Å². The molecule has 8 nitrogen and oxygen atoms in total. The lowest BCUT2D eigenvalue weighted by atomic mass is 10.0. The maximum absolute atomic E-state index is 12.0. The topological polar surface area (TPSA) is 102 Å². The summed E-state index contributed by atoms with van der Waals surface area (Å²) < 4.78 is 16.2. The van der Waals surface area contributed by atoms with Crippen molar-refractivity contribution in [3.63, 3.8) is 0 Å². The molecule has 286 valence electrons. The first-order valence-corrected chi connectivity index (χ1v) is 20.3. The number of likely N-dealkylation sites (N-methyl/N-ethyl adjacent to an activating group) is 1. The Kier molecular flexibility index (Phi) is 33.4. The summed E-state index contributed by atoms with van der Waals surface area (Å²) in [6.07, 6.45) is 34.4. The van der Waals surface area contributed by atoms with E-state index in [9.17, 15) is 19.8 Å². The lowest BCUT2D eigenvalue weighted by Gasteiger charge is -2.24. The molecule has 0 aromatic carbocycles.